The van der Waals surface area contributed by atoms with Gasteiger partial charge in [0.15, 0.2) is 0 Å². The second-order valence-electron chi connectivity index (χ2n) is 0.696. The zero-order valence-electron chi connectivity index (χ0n) is 3.82. The van der Waals surface area contributed by atoms with Crippen molar-refractivity contribution < 1.29 is 9.22 Å². The van der Waals surface area contributed by atoms with Crippen LogP contribution in [-0.4, -0.2) is 40.4 Å². The predicted octanol–water partition coefficient (Wildman–Crippen LogP) is -1.55. The summed E-state index contributed by atoms with van der Waals surface area (Å²) in [7, 11) is 0.524. The SMILES string of the molecule is CC(=O)O[SiH3].[Sn]. The van der Waals surface area contributed by atoms with E-state index in [9.17, 15) is 4.79 Å². The average Bonchev–Trinajstić information content (AvgIpc) is 1.38. The quantitative estimate of drug-likeness (QED) is 0.451. The topological polar surface area (TPSA) is 26.3 Å². The molecule has 0 fully saturated rings. The number of carbonyl (C=O) groups is 1. The van der Waals surface area contributed by atoms with E-state index in [1.165, 1.54) is 6.92 Å². The van der Waals surface area contributed by atoms with Gasteiger partial charge in [0, 0.05) is 30.8 Å². The fourth-order valence-corrected chi connectivity index (χ4v) is 0. The zero-order chi connectivity index (χ0) is 4.28. The van der Waals surface area contributed by atoms with Crippen LogP contribution in [-0.2, 0) is 9.22 Å². The van der Waals surface area contributed by atoms with Crippen LogP contribution in [0.1, 0.15) is 6.92 Å². The van der Waals surface area contributed by atoms with E-state index in [4.69, 9.17) is 0 Å². The Hall–Kier alpha value is 0.486. The second kappa shape index (κ2) is 5.49. The van der Waals surface area contributed by atoms with Crippen LogP contribution in [0.3, 0.4) is 0 Å². The Morgan fingerprint density at radius 1 is 1.83 bits per heavy atom. The van der Waals surface area contributed by atoms with Gasteiger partial charge in [0.25, 0.3) is 5.97 Å². The molecule has 0 aromatic carbocycles. The van der Waals surface area contributed by atoms with Crippen molar-refractivity contribution in [1.82, 2.24) is 0 Å². The van der Waals surface area contributed by atoms with Gasteiger partial charge < -0.3 is 4.43 Å². The van der Waals surface area contributed by atoms with Crippen molar-refractivity contribution in [2.24, 2.45) is 0 Å². The van der Waals surface area contributed by atoms with Crippen LogP contribution in [0.25, 0.3) is 0 Å². The molecule has 0 heterocycles. The summed E-state index contributed by atoms with van der Waals surface area (Å²) in [5.74, 6) is -0.184. The minimum Gasteiger partial charge on any atom is -0.529 e. The first kappa shape index (κ1) is 9.70. The summed E-state index contributed by atoms with van der Waals surface area (Å²) in [6.07, 6.45) is 0. The van der Waals surface area contributed by atoms with Gasteiger partial charge in [-0.25, -0.2) is 0 Å². The minimum atomic E-state index is -0.184. The smallest absolute Gasteiger partial charge is 0.288 e. The average molecular weight is 209 g/mol. The van der Waals surface area contributed by atoms with Crippen LogP contribution >= 0.6 is 0 Å². The normalized spacial score (nSPS) is 6.17. The maximum absolute atomic E-state index is 9.62. The third kappa shape index (κ3) is 8.82. The number of rotatable bonds is 0. The van der Waals surface area contributed by atoms with E-state index in [2.05, 4.69) is 4.43 Å². The zero-order valence-corrected chi connectivity index (χ0v) is 8.67. The van der Waals surface area contributed by atoms with Gasteiger partial charge in [-0.3, -0.25) is 4.79 Å². The van der Waals surface area contributed by atoms with Crippen molar-refractivity contribution in [3.63, 3.8) is 0 Å². The Balaban J connectivity index is 0. The monoisotopic (exact) mass is 210 g/mol. The molecular weight excluding hydrogens is 203 g/mol. The van der Waals surface area contributed by atoms with Gasteiger partial charge in [-0.15, -0.1) is 0 Å². The van der Waals surface area contributed by atoms with Crippen molar-refractivity contribution in [3.05, 3.63) is 0 Å². The van der Waals surface area contributed by atoms with E-state index < -0.39 is 0 Å². The van der Waals surface area contributed by atoms with Crippen LogP contribution < -0.4 is 0 Å². The molecule has 0 N–H and O–H groups in total. The van der Waals surface area contributed by atoms with Crippen LogP contribution in [0.5, 0.6) is 0 Å². The van der Waals surface area contributed by atoms with Crippen LogP contribution in [0.4, 0.5) is 0 Å². The molecule has 0 unspecified atom stereocenters. The number of hydrogen-bond donors (Lipinski definition) is 0. The Bertz CT molecular complexity index is 46.8. The summed E-state index contributed by atoms with van der Waals surface area (Å²) >= 11 is 0. The Labute approximate surface area is 56.8 Å². The van der Waals surface area contributed by atoms with Crippen LogP contribution in [0, 0.1) is 0 Å². The molecule has 0 aliphatic rings. The summed E-state index contributed by atoms with van der Waals surface area (Å²) in [6, 6.07) is 0. The number of hydrogen-bond acceptors (Lipinski definition) is 2. The van der Waals surface area contributed by atoms with Gasteiger partial charge in [-0.2, -0.15) is 0 Å². The molecule has 0 saturated carbocycles. The molecular formula is C2H6O2SiSn. The van der Waals surface area contributed by atoms with E-state index in [-0.39, 0.29) is 29.9 Å². The maximum Gasteiger partial charge on any atom is 0.288 e. The molecule has 0 bridgehead atoms. The molecule has 2 nitrogen and oxygen atoms in total. The predicted molar refractivity (Wildman–Crippen MR) is 27.5 cm³/mol. The van der Waals surface area contributed by atoms with Crippen molar-refractivity contribution in [1.29, 1.82) is 0 Å². The third-order valence-electron chi connectivity index (χ3n) is 0.287. The molecule has 0 atom stereocenters. The fraction of sp³-hybridized carbons (Fsp3) is 0.500. The molecule has 0 aliphatic carbocycles. The molecule has 0 aromatic heterocycles. The first-order valence-corrected chi connectivity index (χ1v) is 2.13. The van der Waals surface area contributed by atoms with E-state index in [1.807, 2.05) is 0 Å². The summed E-state index contributed by atoms with van der Waals surface area (Å²) < 4.78 is 4.25. The van der Waals surface area contributed by atoms with E-state index in [0.29, 0.717) is 10.5 Å². The first-order valence-electron chi connectivity index (χ1n) is 1.32. The summed E-state index contributed by atoms with van der Waals surface area (Å²) in [4.78, 5) is 9.62. The first-order chi connectivity index (χ1) is 2.27. The summed E-state index contributed by atoms with van der Waals surface area (Å²) in [5, 5.41) is 0. The Morgan fingerprint density at radius 2 is 2.00 bits per heavy atom. The van der Waals surface area contributed by atoms with Crippen molar-refractivity contribution in [2.75, 3.05) is 0 Å². The fourth-order valence-electron chi connectivity index (χ4n) is 0. The van der Waals surface area contributed by atoms with Crippen molar-refractivity contribution in [2.45, 2.75) is 6.92 Å². The molecule has 6 heavy (non-hydrogen) atoms. The second-order valence-corrected chi connectivity index (χ2v) is 1.10. The molecule has 0 spiro atoms. The van der Waals surface area contributed by atoms with Gasteiger partial charge >= 0.3 is 0 Å². The van der Waals surface area contributed by atoms with Crippen LogP contribution in [0.15, 0.2) is 0 Å². The van der Waals surface area contributed by atoms with Gasteiger partial charge in [-0.05, 0) is 0 Å². The van der Waals surface area contributed by atoms with Crippen LogP contribution in [0.2, 0.25) is 0 Å². The van der Waals surface area contributed by atoms with Gasteiger partial charge in [0.2, 0.25) is 10.5 Å². The summed E-state index contributed by atoms with van der Waals surface area (Å²) in [6.45, 7) is 1.40. The summed E-state index contributed by atoms with van der Waals surface area (Å²) in [5.41, 5.74) is 0. The van der Waals surface area contributed by atoms with Gasteiger partial charge in [-0.1, -0.05) is 0 Å². The molecule has 0 saturated heterocycles. The Morgan fingerprint density at radius 3 is 2.00 bits per heavy atom. The Kier molecular flexibility index (Phi) is 8.87. The van der Waals surface area contributed by atoms with E-state index in [1.54, 1.807) is 0 Å². The molecule has 4 heteroatoms. The third-order valence-corrected chi connectivity index (χ3v) is 0.862. The van der Waals surface area contributed by atoms with Gasteiger partial charge in [0.1, 0.15) is 0 Å². The van der Waals surface area contributed by atoms with Gasteiger partial charge in [0.05, 0.1) is 0 Å². The molecule has 0 aromatic rings. The maximum atomic E-state index is 9.62. The molecule has 0 amide bonds. The molecule has 34 valence electrons. The molecule has 4 radical (unpaired) electrons. The minimum absolute atomic E-state index is 0. The molecule has 0 aliphatic heterocycles. The largest absolute Gasteiger partial charge is 0.529 e. The molecule has 0 rings (SSSR count). The number of carbonyl (C=O) groups excluding carboxylic acids is 1. The standard InChI is InChI=1S/C2H6O2Si.Sn/c1-2(3)4-5;/h1,5H3;. The van der Waals surface area contributed by atoms with E-state index in [0.717, 1.165) is 0 Å². The van der Waals surface area contributed by atoms with Crippen molar-refractivity contribution in [3.8, 4) is 0 Å². The van der Waals surface area contributed by atoms with Crippen molar-refractivity contribution >= 4 is 40.4 Å². The van der Waals surface area contributed by atoms with E-state index >= 15 is 0 Å².